The Morgan fingerprint density at radius 3 is 2.66 bits per heavy atom. The number of imide groups is 1. The van der Waals surface area contributed by atoms with Crippen molar-refractivity contribution >= 4 is 34.4 Å². The lowest BCUT2D eigenvalue weighted by atomic mass is 9.92. The first kappa shape index (κ1) is 18.5. The van der Waals surface area contributed by atoms with Gasteiger partial charge in [0.05, 0.1) is 16.8 Å². The van der Waals surface area contributed by atoms with Gasteiger partial charge in [-0.25, -0.2) is 9.18 Å². The summed E-state index contributed by atoms with van der Waals surface area (Å²) >= 11 is 0. The molecule has 7 nitrogen and oxygen atoms in total. The van der Waals surface area contributed by atoms with Crippen LogP contribution in [-0.2, 0) is 10.3 Å². The Hall–Kier alpha value is -3.81. The highest BCUT2D eigenvalue weighted by molar-refractivity contribution is 6.08. The van der Waals surface area contributed by atoms with Crippen LogP contribution in [0.1, 0.15) is 28.5 Å². The molecule has 2 heterocycles. The van der Waals surface area contributed by atoms with Crippen molar-refractivity contribution in [3.8, 4) is 0 Å². The molecular weight excluding hydrogens is 375 g/mol. The number of nitrogens with one attached hydrogen (secondary N) is 3. The summed E-state index contributed by atoms with van der Waals surface area (Å²) in [5.74, 6) is -1.24. The molecule has 4 rings (SSSR count). The van der Waals surface area contributed by atoms with E-state index in [4.69, 9.17) is 0 Å². The third-order valence-electron chi connectivity index (χ3n) is 4.96. The monoisotopic (exact) mass is 392 g/mol. The molecule has 4 amide bonds. The van der Waals surface area contributed by atoms with Gasteiger partial charge in [-0.3, -0.25) is 19.9 Å². The maximum atomic E-state index is 13.4. The van der Waals surface area contributed by atoms with Gasteiger partial charge in [0.15, 0.2) is 0 Å². The van der Waals surface area contributed by atoms with Gasteiger partial charge in [0, 0.05) is 17.1 Å². The van der Waals surface area contributed by atoms with Crippen molar-refractivity contribution in [2.45, 2.75) is 19.4 Å². The fourth-order valence-corrected chi connectivity index (χ4v) is 3.32. The van der Waals surface area contributed by atoms with Crippen LogP contribution in [0.2, 0.25) is 0 Å². The van der Waals surface area contributed by atoms with Gasteiger partial charge in [-0.15, -0.1) is 0 Å². The molecule has 0 aliphatic carbocycles. The van der Waals surface area contributed by atoms with Crippen LogP contribution in [0.4, 0.5) is 14.9 Å². The smallest absolute Gasteiger partial charge is 0.322 e. The average Bonchev–Trinajstić information content (AvgIpc) is 2.94. The van der Waals surface area contributed by atoms with E-state index in [1.54, 1.807) is 50.2 Å². The number of fused-ring (bicyclic) bond motifs is 1. The van der Waals surface area contributed by atoms with Crippen molar-refractivity contribution in [1.82, 2.24) is 15.6 Å². The lowest BCUT2D eigenvalue weighted by Crippen LogP contribution is -2.40. The summed E-state index contributed by atoms with van der Waals surface area (Å²) in [4.78, 5) is 40.8. The Kier molecular flexibility index (Phi) is 4.26. The number of rotatable bonds is 3. The summed E-state index contributed by atoms with van der Waals surface area (Å²) in [6, 6.07) is 12.0. The molecule has 8 heteroatoms. The molecule has 1 aliphatic rings. The fraction of sp³-hybridized carbons (Fsp3) is 0.143. The molecule has 0 spiro atoms. The summed E-state index contributed by atoms with van der Waals surface area (Å²) in [7, 11) is 0. The first-order valence-corrected chi connectivity index (χ1v) is 8.89. The third kappa shape index (κ3) is 3.29. The minimum absolute atomic E-state index is 0.354. The lowest BCUT2D eigenvalue weighted by molar-refractivity contribution is -0.123. The molecule has 2 aromatic carbocycles. The van der Waals surface area contributed by atoms with E-state index in [1.165, 1.54) is 12.1 Å². The van der Waals surface area contributed by atoms with Crippen molar-refractivity contribution in [2.24, 2.45) is 0 Å². The molecule has 0 saturated carbocycles. The molecule has 1 atom stereocenters. The molecular formula is C21H17FN4O3. The zero-order chi connectivity index (χ0) is 20.8. The van der Waals surface area contributed by atoms with Crippen LogP contribution in [0.3, 0.4) is 0 Å². The van der Waals surface area contributed by atoms with E-state index in [2.05, 4.69) is 20.9 Å². The van der Waals surface area contributed by atoms with Crippen LogP contribution >= 0.6 is 0 Å². The van der Waals surface area contributed by atoms with Crippen molar-refractivity contribution in [2.75, 3.05) is 5.32 Å². The SMILES string of the molecule is Cc1nc2cc(F)ccc2cc1C(=O)Nc1cccc([C@@]2(C)NC(=O)NC2=O)c1. The highest BCUT2D eigenvalue weighted by Crippen LogP contribution is 2.27. The number of amides is 4. The fourth-order valence-electron chi connectivity index (χ4n) is 3.32. The molecule has 0 bridgehead atoms. The van der Waals surface area contributed by atoms with Crippen LogP contribution in [0.15, 0.2) is 48.5 Å². The lowest BCUT2D eigenvalue weighted by Gasteiger charge is -2.21. The molecule has 1 fully saturated rings. The number of benzene rings is 2. The van der Waals surface area contributed by atoms with Crippen molar-refractivity contribution < 1.29 is 18.8 Å². The molecule has 1 saturated heterocycles. The number of hydrogen-bond donors (Lipinski definition) is 3. The van der Waals surface area contributed by atoms with Gasteiger partial charge < -0.3 is 10.6 Å². The molecule has 146 valence electrons. The highest BCUT2D eigenvalue weighted by atomic mass is 19.1. The Morgan fingerprint density at radius 1 is 1.14 bits per heavy atom. The molecule has 0 radical (unpaired) electrons. The maximum Gasteiger partial charge on any atom is 0.322 e. The van der Waals surface area contributed by atoms with Gasteiger partial charge in [0.1, 0.15) is 11.4 Å². The number of aromatic nitrogens is 1. The van der Waals surface area contributed by atoms with E-state index in [0.717, 1.165) is 0 Å². The number of nitrogens with zero attached hydrogens (tertiary/aromatic N) is 1. The normalized spacial score (nSPS) is 18.4. The molecule has 1 aromatic heterocycles. The Morgan fingerprint density at radius 2 is 1.93 bits per heavy atom. The Bertz CT molecular complexity index is 1190. The number of halogens is 1. The summed E-state index contributed by atoms with van der Waals surface area (Å²) in [6.07, 6.45) is 0. The van der Waals surface area contributed by atoms with E-state index in [0.29, 0.717) is 33.4 Å². The quantitative estimate of drug-likeness (QED) is 0.597. The number of pyridine rings is 1. The van der Waals surface area contributed by atoms with Gasteiger partial charge in [0.25, 0.3) is 11.8 Å². The predicted octanol–water partition coefficient (Wildman–Crippen LogP) is 2.99. The number of anilines is 1. The van der Waals surface area contributed by atoms with E-state index < -0.39 is 23.3 Å². The molecule has 0 unspecified atom stereocenters. The molecule has 29 heavy (non-hydrogen) atoms. The van der Waals surface area contributed by atoms with Gasteiger partial charge in [-0.1, -0.05) is 12.1 Å². The number of aryl methyl sites for hydroxylation is 1. The van der Waals surface area contributed by atoms with Crippen LogP contribution in [0.25, 0.3) is 10.9 Å². The second kappa shape index (κ2) is 6.66. The summed E-state index contributed by atoms with van der Waals surface area (Å²) < 4.78 is 13.4. The minimum Gasteiger partial charge on any atom is -0.322 e. The number of carbonyl (C=O) groups excluding carboxylic acids is 3. The van der Waals surface area contributed by atoms with Crippen LogP contribution in [-0.4, -0.2) is 22.8 Å². The molecule has 3 N–H and O–H groups in total. The highest BCUT2D eigenvalue weighted by Gasteiger charge is 2.43. The van der Waals surface area contributed by atoms with E-state index >= 15 is 0 Å². The van der Waals surface area contributed by atoms with E-state index in [-0.39, 0.29) is 5.91 Å². The minimum atomic E-state index is -1.22. The number of carbonyl (C=O) groups is 3. The second-order valence-electron chi connectivity index (χ2n) is 7.03. The van der Waals surface area contributed by atoms with Gasteiger partial charge >= 0.3 is 6.03 Å². The second-order valence-corrected chi connectivity index (χ2v) is 7.03. The van der Waals surface area contributed by atoms with E-state index in [9.17, 15) is 18.8 Å². The van der Waals surface area contributed by atoms with Gasteiger partial charge in [-0.05, 0) is 49.7 Å². The molecule has 3 aromatic rings. The zero-order valence-corrected chi connectivity index (χ0v) is 15.7. The third-order valence-corrected chi connectivity index (χ3v) is 4.96. The standard InChI is InChI=1S/C21H17FN4O3/c1-11-16(8-12-6-7-14(22)10-17(12)23-11)18(27)24-15-5-3-4-13(9-15)21(2)19(28)25-20(29)26-21/h3-10H,1-2H3,(H,24,27)(H2,25,26,28,29)/t21-/m1/s1. The summed E-state index contributed by atoms with van der Waals surface area (Å²) in [6.45, 7) is 3.26. The number of hydrogen-bond acceptors (Lipinski definition) is 4. The first-order chi connectivity index (χ1) is 13.8. The van der Waals surface area contributed by atoms with Crippen molar-refractivity contribution in [3.05, 3.63) is 71.2 Å². The van der Waals surface area contributed by atoms with Gasteiger partial charge in [0.2, 0.25) is 0 Å². The predicted molar refractivity (Wildman–Crippen MR) is 105 cm³/mol. The first-order valence-electron chi connectivity index (χ1n) is 8.89. The van der Waals surface area contributed by atoms with Crippen molar-refractivity contribution in [3.63, 3.8) is 0 Å². The summed E-state index contributed by atoms with van der Waals surface area (Å²) in [5.41, 5.74) is 1.06. The Labute approximate surface area is 165 Å². The average molecular weight is 392 g/mol. The van der Waals surface area contributed by atoms with Crippen LogP contribution < -0.4 is 16.0 Å². The largest absolute Gasteiger partial charge is 0.322 e. The zero-order valence-electron chi connectivity index (χ0n) is 15.7. The Balaban J connectivity index is 1.63. The number of urea groups is 1. The topological polar surface area (TPSA) is 100 Å². The van der Waals surface area contributed by atoms with E-state index in [1.807, 2.05) is 0 Å². The van der Waals surface area contributed by atoms with Crippen molar-refractivity contribution in [1.29, 1.82) is 0 Å². The molecule has 1 aliphatic heterocycles. The van der Waals surface area contributed by atoms with Gasteiger partial charge in [-0.2, -0.15) is 0 Å². The van der Waals surface area contributed by atoms with Crippen LogP contribution in [0.5, 0.6) is 0 Å². The maximum absolute atomic E-state index is 13.4. The van der Waals surface area contributed by atoms with Crippen LogP contribution in [0, 0.1) is 12.7 Å². The summed E-state index contributed by atoms with van der Waals surface area (Å²) in [5, 5.41) is 8.23.